The molecule has 1 aromatic carbocycles. The van der Waals surface area contributed by atoms with Crippen molar-refractivity contribution in [3.05, 3.63) is 41.7 Å². The van der Waals surface area contributed by atoms with Gasteiger partial charge in [0.2, 0.25) is 6.79 Å². The van der Waals surface area contributed by atoms with Crippen LogP contribution in [0.4, 0.5) is 18.0 Å². The molecule has 4 rings (SSSR count). The van der Waals surface area contributed by atoms with Crippen LogP contribution in [0.3, 0.4) is 0 Å². The molecule has 0 bridgehead atoms. The Balaban J connectivity index is 0.000000406. The van der Waals surface area contributed by atoms with Gasteiger partial charge in [0.05, 0.1) is 11.7 Å². The number of carboxylic acid groups (broad SMARTS) is 1. The predicted molar refractivity (Wildman–Crippen MR) is 113 cm³/mol. The molecule has 13 heteroatoms. The highest BCUT2D eigenvalue weighted by molar-refractivity contribution is 5.73. The van der Waals surface area contributed by atoms with E-state index in [9.17, 15) is 18.0 Å². The van der Waals surface area contributed by atoms with Crippen LogP contribution in [0, 0.1) is 0 Å². The van der Waals surface area contributed by atoms with E-state index in [1.165, 1.54) is 11.3 Å². The molecule has 0 saturated heterocycles. The zero-order valence-corrected chi connectivity index (χ0v) is 18.7. The second-order valence-electron chi connectivity index (χ2n) is 8.00. The molecular formula is C21H26F3N5O5. The lowest BCUT2D eigenvalue weighted by Gasteiger charge is -2.34. The van der Waals surface area contributed by atoms with E-state index >= 15 is 0 Å². The third-order valence-electron chi connectivity index (χ3n) is 5.20. The lowest BCUT2D eigenvalue weighted by Crippen LogP contribution is -2.40. The van der Waals surface area contributed by atoms with E-state index in [4.69, 9.17) is 19.4 Å². The molecule has 1 unspecified atom stereocenters. The van der Waals surface area contributed by atoms with Crippen molar-refractivity contribution in [3.8, 4) is 11.5 Å². The molecular weight excluding hydrogens is 459 g/mol. The van der Waals surface area contributed by atoms with Gasteiger partial charge in [0.1, 0.15) is 0 Å². The largest absolute Gasteiger partial charge is 0.490 e. The van der Waals surface area contributed by atoms with Gasteiger partial charge in [-0.05, 0) is 30.2 Å². The van der Waals surface area contributed by atoms with Crippen LogP contribution in [0.25, 0.3) is 0 Å². The number of amides is 2. The van der Waals surface area contributed by atoms with Crippen LogP contribution in [0.15, 0.2) is 30.5 Å². The second kappa shape index (κ2) is 10.6. The van der Waals surface area contributed by atoms with Crippen LogP contribution >= 0.6 is 0 Å². The zero-order chi connectivity index (χ0) is 24.9. The molecule has 1 atom stereocenters. The summed E-state index contributed by atoms with van der Waals surface area (Å²) >= 11 is 0. The summed E-state index contributed by atoms with van der Waals surface area (Å²) in [6.45, 7) is 3.50. The molecule has 2 amide bonds. The topological polar surface area (TPSA) is 109 Å². The number of ether oxygens (including phenoxy) is 2. The van der Waals surface area contributed by atoms with Crippen molar-refractivity contribution in [1.29, 1.82) is 0 Å². The highest BCUT2D eigenvalue weighted by Gasteiger charge is 2.38. The summed E-state index contributed by atoms with van der Waals surface area (Å²) in [5.74, 6) is -1.13. The van der Waals surface area contributed by atoms with E-state index in [2.05, 4.69) is 38.2 Å². The molecule has 186 valence electrons. The van der Waals surface area contributed by atoms with Gasteiger partial charge in [0, 0.05) is 46.5 Å². The fourth-order valence-corrected chi connectivity index (χ4v) is 3.60. The molecule has 0 radical (unpaired) electrons. The number of carbonyl (C=O) groups is 2. The number of carbonyl (C=O) groups excluding carboxylic acids is 1. The molecule has 10 nitrogen and oxygen atoms in total. The Morgan fingerprint density at radius 1 is 1.24 bits per heavy atom. The van der Waals surface area contributed by atoms with Crippen LogP contribution in [-0.4, -0.2) is 76.8 Å². The summed E-state index contributed by atoms with van der Waals surface area (Å²) in [7, 11) is 3.49. The van der Waals surface area contributed by atoms with Crippen molar-refractivity contribution in [2.75, 3.05) is 34.0 Å². The number of nitrogens with zero attached hydrogens (tertiary/aromatic N) is 4. The summed E-state index contributed by atoms with van der Waals surface area (Å²) in [5, 5.41) is 14.6. The molecule has 2 aromatic rings. The molecule has 0 fully saturated rings. The molecule has 2 aliphatic heterocycles. The first-order valence-electron chi connectivity index (χ1n) is 10.4. The van der Waals surface area contributed by atoms with Crippen molar-refractivity contribution >= 4 is 12.0 Å². The van der Waals surface area contributed by atoms with Gasteiger partial charge < -0.3 is 24.8 Å². The Morgan fingerprint density at radius 3 is 2.62 bits per heavy atom. The first kappa shape index (κ1) is 25.1. The Bertz CT molecular complexity index is 1010. The van der Waals surface area contributed by atoms with Gasteiger partial charge in [-0.3, -0.25) is 9.58 Å². The third-order valence-corrected chi connectivity index (χ3v) is 5.20. The van der Waals surface area contributed by atoms with E-state index in [0.717, 1.165) is 37.6 Å². The number of fused-ring (bicyclic) bond motifs is 2. The number of urea groups is 1. The van der Waals surface area contributed by atoms with E-state index in [1.54, 1.807) is 19.0 Å². The number of aromatic nitrogens is 2. The maximum Gasteiger partial charge on any atom is 0.490 e. The smallest absolute Gasteiger partial charge is 0.475 e. The number of aliphatic carboxylic acids is 1. The van der Waals surface area contributed by atoms with E-state index in [1.807, 2.05) is 12.3 Å². The molecule has 34 heavy (non-hydrogen) atoms. The second-order valence-corrected chi connectivity index (χ2v) is 8.00. The summed E-state index contributed by atoms with van der Waals surface area (Å²) in [6.07, 6.45) is -2.39. The first-order chi connectivity index (χ1) is 16.0. The Morgan fingerprint density at radius 2 is 1.94 bits per heavy atom. The maximum atomic E-state index is 11.7. The standard InChI is InChI=1S/C19H25N5O3.C2HF3O2/c1-22(2)19(25)20-7-5-15-11-23(12-16-6-8-21-24(15)16)10-14-3-4-17-18(9-14)27-13-26-17;3-2(4,5)1(6)7/h3-4,6,8-9,15H,5,7,10-13H2,1-2H3,(H,20,25);(H,6,7). The van der Waals surface area contributed by atoms with Gasteiger partial charge in [-0.1, -0.05) is 6.07 Å². The SMILES string of the molecule is CN(C)C(=O)NCCC1CN(Cc2ccc3c(c2)OCO3)Cc2ccnn21.O=C(O)C(F)(F)F. The Kier molecular flexibility index (Phi) is 7.87. The number of rotatable bonds is 5. The maximum absolute atomic E-state index is 11.7. The van der Waals surface area contributed by atoms with Crippen molar-refractivity contribution < 1.29 is 37.3 Å². The summed E-state index contributed by atoms with van der Waals surface area (Å²) < 4.78 is 44.7. The molecule has 0 spiro atoms. The van der Waals surface area contributed by atoms with Crippen molar-refractivity contribution in [1.82, 2.24) is 24.9 Å². The molecule has 0 aliphatic carbocycles. The number of hydrogen-bond donors (Lipinski definition) is 2. The Labute approximate surface area is 193 Å². The number of hydrogen-bond acceptors (Lipinski definition) is 6. The Hall–Kier alpha value is -3.48. The molecule has 2 N–H and O–H groups in total. The van der Waals surface area contributed by atoms with Crippen LogP contribution in [0.5, 0.6) is 11.5 Å². The number of carboxylic acids is 1. The summed E-state index contributed by atoms with van der Waals surface area (Å²) in [6, 6.07) is 8.35. The van der Waals surface area contributed by atoms with Crippen molar-refractivity contribution in [2.45, 2.75) is 31.7 Å². The number of alkyl halides is 3. The number of halogens is 3. The van der Waals surface area contributed by atoms with Gasteiger partial charge in [-0.15, -0.1) is 0 Å². The average Bonchev–Trinajstić information content (AvgIpc) is 3.42. The predicted octanol–water partition coefficient (Wildman–Crippen LogP) is 2.46. The van der Waals surface area contributed by atoms with Crippen LogP contribution < -0.4 is 14.8 Å². The summed E-state index contributed by atoms with van der Waals surface area (Å²) in [5.41, 5.74) is 2.40. The van der Waals surface area contributed by atoms with Crippen molar-refractivity contribution in [3.63, 3.8) is 0 Å². The molecule has 1 aromatic heterocycles. The monoisotopic (exact) mass is 485 g/mol. The van der Waals surface area contributed by atoms with E-state index < -0.39 is 12.1 Å². The van der Waals surface area contributed by atoms with Gasteiger partial charge in [0.25, 0.3) is 0 Å². The highest BCUT2D eigenvalue weighted by atomic mass is 19.4. The van der Waals surface area contributed by atoms with Gasteiger partial charge in [-0.2, -0.15) is 18.3 Å². The highest BCUT2D eigenvalue weighted by Crippen LogP contribution is 2.33. The van der Waals surface area contributed by atoms with Gasteiger partial charge >= 0.3 is 18.2 Å². The van der Waals surface area contributed by atoms with Crippen LogP contribution in [-0.2, 0) is 17.9 Å². The zero-order valence-electron chi connectivity index (χ0n) is 18.7. The minimum Gasteiger partial charge on any atom is -0.475 e. The van der Waals surface area contributed by atoms with E-state index in [0.29, 0.717) is 13.3 Å². The summed E-state index contributed by atoms with van der Waals surface area (Å²) in [4.78, 5) is 24.6. The van der Waals surface area contributed by atoms with Crippen LogP contribution in [0.1, 0.15) is 23.7 Å². The normalized spacial score (nSPS) is 16.8. The number of nitrogens with one attached hydrogen (secondary N) is 1. The van der Waals surface area contributed by atoms with Crippen molar-refractivity contribution in [2.24, 2.45) is 0 Å². The van der Waals surface area contributed by atoms with Gasteiger partial charge in [0.15, 0.2) is 11.5 Å². The first-order valence-corrected chi connectivity index (χ1v) is 10.4. The molecule has 0 saturated carbocycles. The van der Waals surface area contributed by atoms with Gasteiger partial charge in [-0.25, -0.2) is 9.59 Å². The minimum atomic E-state index is -5.08. The number of benzene rings is 1. The molecule has 2 aliphatic rings. The lowest BCUT2D eigenvalue weighted by atomic mass is 10.1. The minimum absolute atomic E-state index is 0.0660. The molecule has 3 heterocycles. The fourth-order valence-electron chi connectivity index (χ4n) is 3.60. The quantitative estimate of drug-likeness (QED) is 0.670. The van der Waals surface area contributed by atoms with Crippen LogP contribution in [0.2, 0.25) is 0 Å². The van der Waals surface area contributed by atoms with E-state index in [-0.39, 0.29) is 12.1 Å². The third kappa shape index (κ3) is 6.53. The fraction of sp³-hybridized carbons (Fsp3) is 0.476. The lowest BCUT2D eigenvalue weighted by molar-refractivity contribution is -0.192. The average molecular weight is 485 g/mol.